The summed E-state index contributed by atoms with van der Waals surface area (Å²) in [6.07, 6.45) is 1.03. The molecule has 0 fully saturated rings. The van der Waals surface area contributed by atoms with Crippen LogP contribution in [0.4, 0.5) is 11.8 Å². The van der Waals surface area contributed by atoms with Crippen LogP contribution in [0.1, 0.15) is 37.6 Å². The Hall–Kier alpha value is -2.21. The molecule has 3 rings (SSSR count). The second-order valence-corrected chi connectivity index (χ2v) is 7.87. The molecule has 2 aromatic rings. The standard InChI is InChI=1S/C19H25N5S/c1-13-11-16(21-17(20-13)22-18(25)23-19(2,3)4)24-10-9-14-7-5-6-8-15(14)12-24/h5-8,11H,9-10,12H2,1-4H3,(H2,20,21,22,23,25). The van der Waals surface area contributed by atoms with Crippen molar-refractivity contribution in [3.05, 3.63) is 47.2 Å². The molecule has 132 valence electrons. The minimum atomic E-state index is -0.104. The second-order valence-electron chi connectivity index (χ2n) is 7.46. The van der Waals surface area contributed by atoms with Gasteiger partial charge < -0.3 is 15.5 Å². The Labute approximate surface area is 154 Å². The summed E-state index contributed by atoms with van der Waals surface area (Å²) in [5, 5.41) is 6.87. The van der Waals surface area contributed by atoms with E-state index in [2.05, 4.69) is 70.5 Å². The lowest BCUT2D eigenvalue weighted by Gasteiger charge is -2.30. The number of rotatable bonds is 2. The number of nitrogens with one attached hydrogen (secondary N) is 2. The molecule has 0 aliphatic carbocycles. The van der Waals surface area contributed by atoms with Crippen LogP contribution in [0.15, 0.2) is 30.3 Å². The van der Waals surface area contributed by atoms with Crippen molar-refractivity contribution in [3.63, 3.8) is 0 Å². The van der Waals surface area contributed by atoms with Crippen molar-refractivity contribution in [2.75, 3.05) is 16.8 Å². The molecule has 2 heterocycles. The second kappa shape index (κ2) is 6.96. The number of anilines is 2. The van der Waals surface area contributed by atoms with Gasteiger partial charge in [-0.3, -0.25) is 0 Å². The number of hydrogen-bond acceptors (Lipinski definition) is 4. The van der Waals surface area contributed by atoms with Gasteiger partial charge in [0.25, 0.3) is 0 Å². The Kier molecular flexibility index (Phi) is 4.90. The van der Waals surface area contributed by atoms with E-state index in [0.29, 0.717) is 11.1 Å². The van der Waals surface area contributed by atoms with Crippen LogP contribution in [-0.4, -0.2) is 27.2 Å². The topological polar surface area (TPSA) is 53.1 Å². The molecule has 0 atom stereocenters. The van der Waals surface area contributed by atoms with Crippen molar-refractivity contribution in [2.45, 2.75) is 46.2 Å². The highest BCUT2D eigenvalue weighted by Gasteiger charge is 2.18. The van der Waals surface area contributed by atoms with Crippen LogP contribution < -0.4 is 15.5 Å². The van der Waals surface area contributed by atoms with E-state index in [-0.39, 0.29) is 5.54 Å². The maximum atomic E-state index is 5.36. The first kappa shape index (κ1) is 17.6. The van der Waals surface area contributed by atoms with Crippen LogP contribution in [0, 0.1) is 6.92 Å². The highest BCUT2D eigenvalue weighted by atomic mass is 32.1. The van der Waals surface area contributed by atoms with E-state index in [4.69, 9.17) is 12.2 Å². The van der Waals surface area contributed by atoms with Crippen molar-refractivity contribution in [3.8, 4) is 0 Å². The predicted octanol–water partition coefficient (Wildman–Crippen LogP) is 3.43. The molecule has 1 aromatic carbocycles. The van der Waals surface area contributed by atoms with Crippen LogP contribution in [0.3, 0.4) is 0 Å². The predicted molar refractivity (Wildman–Crippen MR) is 107 cm³/mol. The number of nitrogens with zero attached hydrogens (tertiary/aromatic N) is 3. The van der Waals surface area contributed by atoms with Crippen molar-refractivity contribution in [1.82, 2.24) is 15.3 Å². The molecule has 0 unspecified atom stereocenters. The van der Waals surface area contributed by atoms with E-state index < -0.39 is 0 Å². The first-order valence-corrected chi connectivity index (χ1v) is 8.97. The van der Waals surface area contributed by atoms with Crippen LogP contribution >= 0.6 is 12.2 Å². The lowest BCUT2D eigenvalue weighted by Crippen LogP contribution is -2.43. The summed E-state index contributed by atoms with van der Waals surface area (Å²) in [6, 6.07) is 10.6. The van der Waals surface area contributed by atoms with Gasteiger partial charge in [0.15, 0.2) is 5.11 Å². The van der Waals surface area contributed by atoms with Crippen LogP contribution in [-0.2, 0) is 13.0 Å². The zero-order chi connectivity index (χ0) is 18.0. The van der Waals surface area contributed by atoms with Crippen molar-refractivity contribution in [1.29, 1.82) is 0 Å². The molecule has 0 saturated carbocycles. The van der Waals surface area contributed by atoms with E-state index in [0.717, 1.165) is 31.0 Å². The minimum Gasteiger partial charge on any atom is -0.358 e. The molecule has 1 aliphatic rings. The molecular weight excluding hydrogens is 330 g/mol. The van der Waals surface area contributed by atoms with Gasteiger partial charge in [0, 0.05) is 30.4 Å². The molecule has 1 aliphatic heterocycles. The SMILES string of the molecule is Cc1cc(N2CCc3ccccc3C2)nc(NC(=S)NC(C)(C)C)n1. The van der Waals surface area contributed by atoms with Gasteiger partial charge in [-0.15, -0.1) is 0 Å². The Morgan fingerprint density at radius 1 is 1.16 bits per heavy atom. The number of fused-ring (bicyclic) bond motifs is 1. The minimum absolute atomic E-state index is 0.104. The maximum absolute atomic E-state index is 5.36. The summed E-state index contributed by atoms with van der Waals surface area (Å²) in [4.78, 5) is 11.4. The number of aryl methyl sites for hydroxylation is 1. The highest BCUT2D eigenvalue weighted by molar-refractivity contribution is 7.80. The number of benzene rings is 1. The molecular formula is C19H25N5S. The van der Waals surface area contributed by atoms with Gasteiger partial charge in [0.2, 0.25) is 5.95 Å². The van der Waals surface area contributed by atoms with E-state index >= 15 is 0 Å². The lowest BCUT2D eigenvalue weighted by molar-refractivity contribution is 0.514. The van der Waals surface area contributed by atoms with E-state index in [1.165, 1.54) is 11.1 Å². The number of hydrogen-bond donors (Lipinski definition) is 2. The summed E-state index contributed by atoms with van der Waals surface area (Å²) in [7, 11) is 0. The summed E-state index contributed by atoms with van der Waals surface area (Å²) < 4.78 is 0. The quantitative estimate of drug-likeness (QED) is 0.805. The van der Waals surface area contributed by atoms with Crippen LogP contribution in [0.5, 0.6) is 0 Å². The molecule has 5 nitrogen and oxygen atoms in total. The first-order valence-electron chi connectivity index (χ1n) is 8.57. The third kappa shape index (κ3) is 4.66. The fourth-order valence-electron chi connectivity index (χ4n) is 2.93. The molecule has 0 spiro atoms. The van der Waals surface area contributed by atoms with Gasteiger partial charge in [0.1, 0.15) is 5.82 Å². The smallest absolute Gasteiger partial charge is 0.231 e. The fourth-order valence-corrected chi connectivity index (χ4v) is 3.33. The largest absolute Gasteiger partial charge is 0.358 e. The monoisotopic (exact) mass is 355 g/mol. The van der Waals surface area contributed by atoms with E-state index in [1.54, 1.807) is 0 Å². The van der Waals surface area contributed by atoms with Crippen molar-refractivity contribution in [2.24, 2.45) is 0 Å². The zero-order valence-electron chi connectivity index (χ0n) is 15.3. The van der Waals surface area contributed by atoms with Crippen LogP contribution in [0.25, 0.3) is 0 Å². The summed E-state index contributed by atoms with van der Waals surface area (Å²) in [5.41, 5.74) is 3.61. The van der Waals surface area contributed by atoms with Crippen molar-refractivity contribution >= 4 is 29.1 Å². The van der Waals surface area contributed by atoms with Gasteiger partial charge in [-0.05, 0) is 57.5 Å². The molecule has 25 heavy (non-hydrogen) atoms. The van der Waals surface area contributed by atoms with Crippen molar-refractivity contribution < 1.29 is 0 Å². The Morgan fingerprint density at radius 3 is 2.60 bits per heavy atom. The summed E-state index contributed by atoms with van der Waals surface area (Å²) in [5.74, 6) is 1.47. The molecule has 0 amide bonds. The third-order valence-electron chi connectivity index (χ3n) is 4.01. The van der Waals surface area contributed by atoms with Gasteiger partial charge in [-0.1, -0.05) is 24.3 Å². The van der Waals surface area contributed by atoms with Gasteiger partial charge in [-0.25, -0.2) is 4.98 Å². The van der Waals surface area contributed by atoms with Gasteiger partial charge >= 0.3 is 0 Å². The molecule has 0 radical (unpaired) electrons. The molecule has 6 heteroatoms. The normalized spacial score (nSPS) is 14.0. The lowest BCUT2D eigenvalue weighted by atomic mass is 10.00. The zero-order valence-corrected chi connectivity index (χ0v) is 16.1. The Balaban J connectivity index is 1.77. The van der Waals surface area contributed by atoms with E-state index in [9.17, 15) is 0 Å². The average Bonchev–Trinajstić information content (AvgIpc) is 2.52. The average molecular weight is 356 g/mol. The number of thiocarbonyl (C=S) groups is 1. The first-order chi connectivity index (χ1) is 11.8. The van der Waals surface area contributed by atoms with Gasteiger partial charge in [-0.2, -0.15) is 4.98 Å². The molecule has 0 bridgehead atoms. The molecule has 1 aromatic heterocycles. The summed E-state index contributed by atoms with van der Waals surface area (Å²) in [6.45, 7) is 10.0. The van der Waals surface area contributed by atoms with Gasteiger partial charge in [0.05, 0.1) is 0 Å². The Morgan fingerprint density at radius 2 is 1.88 bits per heavy atom. The maximum Gasteiger partial charge on any atom is 0.231 e. The fraction of sp³-hybridized carbons (Fsp3) is 0.421. The van der Waals surface area contributed by atoms with E-state index in [1.807, 2.05) is 13.0 Å². The molecule has 0 saturated heterocycles. The molecule has 2 N–H and O–H groups in total. The number of aromatic nitrogens is 2. The highest BCUT2D eigenvalue weighted by Crippen LogP contribution is 2.24. The van der Waals surface area contributed by atoms with Crippen LogP contribution in [0.2, 0.25) is 0 Å². The Bertz CT molecular complexity index is 782. The third-order valence-corrected chi connectivity index (χ3v) is 4.21. The summed E-state index contributed by atoms with van der Waals surface area (Å²) >= 11 is 5.36.